The van der Waals surface area contributed by atoms with Gasteiger partial charge < -0.3 is 10.5 Å². The quantitative estimate of drug-likeness (QED) is 0.366. The van der Waals surface area contributed by atoms with Crippen molar-refractivity contribution in [1.29, 1.82) is 0 Å². The lowest BCUT2D eigenvalue weighted by atomic mass is 10.4. The molecule has 1 rings (SSSR count). The maximum atomic E-state index is 10.1. The molecular weight excluding hydrogens is 178 g/mol. The van der Waals surface area contributed by atoms with E-state index in [0.29, 0.717) is 6.54 Å². The molecule has 3 N–H and O–H groups in total. The third-order valence-corrected chi connectivity index (χ3v) is 2.54. The molecule has 1 heterocycles. The molecule has 0 aromatic carbocycles. The zero-order chi connectivity index (χ0) is 8.97. The Morgan fingerprint density at radius 1 is 1.83 bits per heavy atom. The van der Waals surface area contributed by atoms with Crippen LogP contribution in [0.4, 0.5) is 0 Å². The van der Waals surface area contributed by atoms with Crippen LogP contribution in [0.1, 0.15) is 0 Å². The van der Waals surface area contributed by atoms with Crippen molar-refractivity contribution in [3.05, 3.63) is 33.4 Å². The highest BCUT2D eigenvalue weighted by molar-refractivity contribution is 8.15. The van der Waals surface area contributed by atoms with Crippen molar-refractivity contribution in [1.82, 2.24) is 4.72 Å². The van der Waals surface area contributed by atoms with Gasteiger partial charge in [-0.05, 0) is 22.2 Å². The average Bonchev–Trinajstić information content (AvgIpc) is 2.03. The fourth-order valence-electron chi connectivity index (χ4n) is 0.723. The van der Waals surface area contributed by atoms with E-state index in [0.717, 1.165) is 11.2 Å². The van der Waals surface area contributed by atoms with E-state index in [1.165, 1.54) is 0 Å². The smallest absolute Gasteiger partial charge is 0.280 e. The second-order valence-corrected chi connectivity index (χ2v) is 3.52. The maximum absolute atomic E-state index is 10.1. The number of allylic oxidation sites excluding steroid dienone is 2. The summed E-state index contributed by atoms with van der Waals surface area (Å²) < 4.78 is 2.91. The van der Waals surface area contributed by atoms with Gasteiger partial charge in [0.2, 0.25) is 0 Å². The van der Waals surface area contributed by atoms with Crippen LogP contribution >= 0.6 is 10.7 Å². The van der Waals surface area contributed by atoms with Crippen LogP contribution in [0.3, 0.4) is 0 Å². The minimum atomic E-state index is -0.608. The Morgan fingerprint density at radius 2 is 2.58 bits per heavy atom. The fraction of sp³-hybridized carbons (Fsp3) is 0.167. The van der Waals surface area contributed by atoms with Gasteiger partial charge in [-0.1, -0.05) is 6.08 Å². The van der Waals surface area contributed by atoms with Crippen molar-refractivity contribution in [2.24, 2.45) is 5.73 Å². The van der Waals surface area contributed by atoms with Gasteiger partial charge in [0.25, 0.3) is 5.49 Å². The zero-order valence-corrected chi connectivity index (χ0v) is 7.08. The molecule has 0 aliphatic carbocycles. The third-order valence-electron chi connectivity index (χ3n) is 1.19. The first kappa shape index (κ1) is 8.95. The van der Waals surface area contributed by atoms with Gasteiger partial charge in [-0.25, -0.2) is 0 Å². The van der Waals surface area contributed by atoms with Gasteiger partial charge in [-0.2, -0.15) is 0 Å². The predicted molar refractivity (Wildman–Crippen MR) is 50.1 cm³/mol. The van der Waals surface area contributed by atoms with E-state index in [1.54, 1.807) is 17.6 Å². The summed E-state index contributed by atoms with van der Waals surface area (Å²) in [5.41, 5.74) is 7.18. The van der Waals surface area contributed by atoms with Crippen LogP contribution in [-0.4, -0.2) is 17.0 Å². The summed E-state index contributed by atoms with van der Waals surface area (Å²) in [6.45, 7) is 0.374. The summed E-state index contributed by atoms with van der Waals surface area (Å²) in [5.74, 6) is 0. The molecule has 0 spiro atoms. The lowest BCUT2D eigenvalue weighted by Crippen LogP contribution is -2.17. The third kappa shape index (κ3) is 2.48. The molecule has 0 amide bonds. The van der Waals surface area contributed by atoms with Crippen molar-refractivity contribution >= 4 is 16.2 Å². The van der Waals surface area contributed by atoms with Gasteiger partial charge >= 0.3 is 0 Å². The van der Waals surface area contributed by atoms with Crippen LogP contribution in [0.2, 0.25) is 0 Å². The Labute approximate surface area is 72.2 Å². The molecule has 1 atom stereocenters. The van der Waals surface area contributed by atoms with E-state index in [9.17, 15) is 10.1 Å². The average molecular weight is 187 g/mol. The number of nitrogens with zero attached hydrogens (tertiary/aromatic N) is 1. The summed E-state index contributed by atoms with van der Waals surface area (Å²) >= 11 is 0. The van der Waals surface area contributed by atoms with E-state index >= 15 is 0 Å². The molecule has 0 fully saturated rings. The molecule has 0 aromatic rings. The number of hydrogen-bond acceptors (Lipinski definition) is 4. The van der Waals surface area contributed by atoms with Crippen LogP contribution in [0.25, 0.3) is 0 Å². The van der Waals surface area contributed by atoms with Gasteiger partial charge in [-0.15, -0.1) is 0 Å². The van der Waals surface area contributed by atoms with Crippen molar-refractivity contribution < 1.29 is 4.92 Å². The van der Waals surface area contributed by atoms with Gasteiger partial charge in [0.1, 0.15) is 0 Å². The first-order valence-electron chi connectivity index (χ1n) is 3.27. The van der Waals surface area contributed by atoms with Crippen LogP contribution in [-0.2, 0) is 0 Å². The summed E-state index contributed by atoms with van der Waals surface area (Å²) in [5, 5.41) is 11.8. The maximum Gasteiger partial charge on any atom is 0.280 e. The highest BCUT2D eigenvalue weighted by atomic mass is 32.2. The molecule has 1 aliphatic rings. The van der Waals surface area contributed by atoms with Crippen LogP contribution in [0, 0.1) is 10.1 Å². The number of nitrogens with two attached hydrogens (primary N) is 1. The number of nitrogens with one attached hydrogen (secondary N) is 1. The Bertz CT molecular complexity index is 283. The van der Waals surface area contributed by atoms with Gasteiger partial charge in [0.05, 0.1) is 4.92 Å². The normalized spacial score (nSPS) is 21.8. The Morgan fingerprint density at radius 3 is 3.17 bits per heavy atom. The summed E-state index contributed by atoms with van der Waals surface area (Å²) in [7, 11) is -0.608. The highest BCUT2D eigenvalue weighted by Gasteiger charge is 2.02. The van der Waals surface area contributed by atoms with Crippen LogP contribution < -0.4 is 10.5 Å². The summed E-state index contributed by atoms with van der Waals surface area (Å²) in [4.78, 5) is 9.64. The molecule has 0 saturated carbocycles. The summed E-state index contributed by atoms with van der Waals surface area (Å²) in [6, 6.07) is 0. The topological polar surface area (TPSA) is 81.2 Å². The number of rotatable bonds is 2. The zero-order valence-electron chi connectivity index (χ0n) is 6.27. The Kier molecular flexibility index (Phi) is 3.01. The van der Waals surface area contributed by atoms with Gasteiger partial charge in [0.15, 0.2) is 0 Å². The van der Waals surface area contributed by atoms with E-state index in [2.05, 4.69) is 4.72 Å². The molecule has 0 radical (unpaired) electrons. The lowest BCUT2D eigenvalue weighted by molar-refractivity contribution is -0.334. The van der Waals surface area contributed by atoms with Crippen molar-refractivity contribution in [3.63, 3.8) is 0 Å². The highest BCUT2D eigenvalue weighted by Crippen LogP contribution is 2.14. The van der Waals surface area contributed by atoms with Gasteiger partial charge in [0, 0.05) is 12.2 Å². The Hall–Kier alpha value is -1.14. The molecule has 0 aromatic heterocycles. The van der Waals surface area contributed by atoms with E-state index in [1.807, 2.05) is 0 Å². The van der Waals surface area contributed by atoms with E-state index < -0.39 is 15.6 Å². The molecule has 0 bridgehead atoms. The standard InChI is InChI=1S/C6H9N3O2S/c7-4-6-2-1-3-12(8-6)5-9(10)11/h1-3,5,8H,4,7H2. The van der Waals surface area contributed by atoms with Crippen molar-refractivity contribution in [2.45, 2.75) is 0 Å². The Balaban J connectivity index is 2.71. The monoisotopic (exact) mass is 187 g/mol. The minimum absolute atomic E-state index is 0.374. The number of hydrogen-bond donors (Lipinski definition) is 2. The van der Waals surface area contributed by atoms with Crippen molar-refractivity contribution in [2.75, 3.05) is 6.54 Å². The molecule has 0 saturated heterocycles. The van der Waals surface area contributed by atoms with Crippen LogP contribution in [0.15, 0.2) is 23.3 Å². The number of nitro groups is 1. The molecule has 12 heavy (non-hydrogen) atoms. The summed E-state index contributed by atoms with van der Waals surface area (Å²) in [6.07, 6.45) is 3.57. The first-order valence-corrected chi connectivity index (χ1v) is 4.62. The molecule has 1 aliphatic heterocycles. The van der Waals surface area contributed by atoms with E-state index in [4.69, 9.17) is 5.73 Å². The second kappa shape index (κ2) is 4.03. The molecule has 6 heteroatoms. The largest absolute Gasteiger partial charge is 0.330 e. The van der Waals surface area contributed by atoms with Crippen molar-refractivity contribution in [3.8, 4) is 0 Å². The van der Waals surface area contributed by atoms with Gasteiger partial charge in [-0.3, -0.25) is 10.1 Å². The first-order chi connectivity index (χ1) is 5.72. The molecular formula is C6H9N3O2S. The molecule has 5 nitrogen and oxygen atoms in total. The molecule has 1 unspecified atom stereocenters. The predicted octanol–water partition coefficient (Wildman–Crippen LogP) is 0.166. The lowest BCUT2D eigenvalue weighted by Gasteiger charge is -2.11. The van der Waals surface area contributed by atoms with Crippen LogP contribution in [0.5, 0.6) is 0 Å². The second-order valence-electron chi connectivity index (χ2n) is 2.09. The van der Waals surface area contributed by atoms with E-state index in [-0.39, 0.29) is 0 Å². The molecule has 66 valence electrons. The minimum Gasteiger partial charge on any atom is -0.330 e. The fourth-order valence-corrected chi connectivity index (χ4v) is 1.80. The SMILES string of the molecule is NCC1=CC=CS(=C[N+](=O)[O-])N1.